The summed E-state index contributed by atoms with van der Waals surface area (Å²) in [4.78, 5) is 11.9. The number of carbonyl (C=O) groups excluding carboxylic acids is 1. The molecule has 106 valence electrons. The van der Waals surface area contributed by atoms with Gasteiger partial charge in [0, 0.05) is 0 Å². The first-order valence-corrected chi connectivity index (χ1v) is 7.01. The number of aryl methyl sites for hydroxylation is 2. The van der Waals surface area contributed by atoms with Crippen LogP contribution in [-0.2, 0) is 9.53 Å². The van der Waals surface area contributed by atoms with E-state index in [-0.39, 0.29) is 18.6 Å². The Hall–Kier alpha value is -1.36. The molecule has 1 aromatic rings. The average molecular weight is 265 g/mol. The van der Waals surface area contributed by atoms with Gasteiger partial charge in [-0.1, -0.05) is 19.8 Å². The molecule has 0 radical (unpaired) electrons. The molecular weight excluding hydrogens is 242 g/mol. The van der Waals surface area contributed by atoms with Crippen molar-refractivity contribution in [2.75, 3.05) is 11.9 Å². The number of amides is 1. The van der Waals surface area contributed by atoms with E-state index in [1.807, 2.05) is 13.8 Å². The molecule has 1 saturated carbocycles. The van der Waals surface area contributed by atoms with Crippen LogP contribution in [-0.4, -0.2) is 28.8 Å². The van der Waals surface area contributed by atoms with Crippen LogP contribution in [0.5, 0.6) is 0 Å². The summed E-state index contributed by atoms with van der Waals surface area (Å²) in [6.45, 7) is 6.08. The lowest BCUT2D eigenvalue weighted by Crippen LogP contribution is -2.30. The van der Waals surface area contributed by atoms with Crippen molar-refractivity contribution in [1.82, 2.24) is 10.2 Å². The van der Waals surface area contributed by atoms with Crippen molar-refractivity contribution in [2.45, 2.75) is 52.6 Å². The van der Waals surface area contributed by atoms with Crippen molar-refractivity contribution in [3.63, 3.8) is 0 Å². The highest BCUT2D eigenvalue weighted by molar-refractivity contribution is 5.92. The van der Waals surface area contributed by atoms with Gasteiger partial charge in [0.1, 0.15) is 6.61 Å². The fourth-order valence-corrected chi connectivity index (χ4v) is 2.62. The predicted octanol–water partition coefficient (Wildman–Crippen LogP) is 2.56. The number of aromatic amines is 1. The van der Waals surface area contributed by atoms with Crippen LogP contribution in [0.1, 0.15) is 44.0 Å². The third-order valence-electron chi connectivity index (χ3n) is 3.85. The first kappa shape index (κ1) is 14.1. The Morgan fingerprint density at radius 3 is 2.79 bits per heavy atom. The fourth-order valence-electron chi connectivity index (χ4n) is 2.62. The maximum atomic E-state index is 11.9. The Morgan fingerprint density at radius 1 is 1.42 bits per heavy atom. The van der Waals surface area contributed by atoms with E-state index in [0.717, 1.165) is 23.5 Å². The van der Waals surface area contributed by atoms with Crippen molar-refractivity contribution in [1.29, 1.82) is 0 Å². The normalized spacial score (nSPS) is 23.3. The third-order valence-corrected chi connectivity index (χ3v) is 3.85. The molecule has 0 aliphatic heterocycles. The SMILES string of the molecule is Cc1n[nH]c(C)c1NC(=O)COC1CCCCC1C. The van der Waals surface area contributed by atoms with E-state index in [0.29, 0.717) is 5.92 Å². The van der Waals surface area contributed by atoms with E-state index in [1.54, 1.807) is 0 Å². The summed E-state index contributed by atoms with van der Waals surface area (Å²) in [5, 5.41) is 9.76. The molecule has 2 N–H and O–H groups in total. The third kappa shape index (κ3) is 3.56. The largest absolute Gasteiger partial charge is 0.368 e. The number of rotatable bonds is 4. The highest BCUT2D eigenvalue weighted by Crippen LogP contribution is 2.26. The molecule has 1 fully saturated rings. The number of hydrogen-bond acceptors (Lipinski definition) is 3. The molecule has 0 spiro atoms. The molecule has 0 bridgehead atoms. The van der Waals surface area contributed by atoms with Crippen LogP contribution in [0.3, 0.4) is 0 Å². The maximum absolute atomic E-state index is 11.9. The lowest BCUT2D eigenvalue weighted by molar-refractivity contribution is -0.124. The minimum Gasteiger partial charge on any atom is -0.368 e. The van der Waals surface area contributed by atoms with E-state index >= 15 is 0 Å². The topological polar surface area (TPSA) is 67.0 Å². The molecule has 5 heteroatoms. The average Bonchev–Trinajstić information content (AvgIpc) is 2.70. The lowest BCUT2D eigenvalue weighted by atomic mass is 9.88. The van der Waals surface area contributed by atoms with Gasteiger partial charge >= 0.3 is 0 Å². The van der Waals surface area contributed by atoms with Crippen LogP contribution in [0.25, 0.3) is 0 Å². The minimum atomic E-state index is -0.106. The molecule has 2 atom stereocenters. The van der Waals surface area contributed by atoms with Gasteiger partial charge in [-0.05, 0) is 32.6 Å². The van der Waals surface area contributed by atoms with Crippen LogP contribution in [0.4, 0.5) is 5.69 Å². The van der Waals surface area contributed by atoms with Gasteiger partial charge in [0.2, 0.25) is 5.91 Å². The van der Waals surface area contributed by atoms with Gasteiger partial charge in [-0.3, -0.25) is 9.89 Å². The molecule has 0 aromatic carbocycles. The molecule has 1 aliphatic carbocycles. The Labute approximate surface area is 114 Å². The van der Waals surface area contributed by atoms with Crippen LogP contribution < -0.4 is 5.32 Å². The number of aromatic nitrogens is 2. The smallest absolute Gasteiger partial charge is 0.250 e. The Balaban J connectivity index is 1.81. The molecule has 5 nitrogen and oxygen atoms in total. The second-order valence-electron chi connectivity index (χ2n) is 5.47. The molecule has 2 unspecified atom stereocenters. The van der Waals surface area contributed by atoms with E-state index in [9.17, 15) is 4.79 Å². The number of anilines is 1. The highest BCUT2D eigenvalue weighted by atomic mass is 16.5. The van der Waals surface area contributed by atoms with Gasteiger partial charge in [-0.25, -0.2) is 0 Å². The lowest BCUT2D eigenvalue weighted by Gasteiger charge is -2.28. The summed E-state index contributed by atoms with van der Waals surface area (Å²) < 4.78 is 5.74. The van der Waals surface area contributed by atoms with Crippen LogP contribution in [0.2, 0.25) is 0 Å². The van der Waals surface area contributed by atoms with Crippen molar-refractivity contribution in [3.05, 3.63) is 11.4 Å². The number of nitrogens with zero attached hydrogens (tertiary/aromatic N) is 1. The van der Waals surface area contributed by atoms with E-state index in [1.165, 1.54) is 19.3 Å². The zero-order valence-corrected chi connectivity index (χ0v) is 12.0. The number of H-pyrrole nitrogens is 1. The Kier molecular flexibility index (Phi) is 4.58. The summed E-state index contributed by atoms with van der Waals surface area (Å²) in [5.41, 5.74) is 2.44. The molecule has 0 saturated heterocycles. The van der Waals surface area contributed by atoms with Gasteiger partial charge in [0.05, 0.1) is 23.2 Å². The van der Waals surface area contributed by atoms with Crippen molar-refractivity contribution < 1.29 is 9.53 Å². The summed E-state index contributed by atoms with van der Waals surface area (Å²) in [5.74, 6) is 0.448. The van der Waals surface area contributed by atoms with Crippen LogP contribution >= 0.6 is 0 Å². The van der Waals surface area contributed by atoms with Crippen molar-refractivity contribution >= 4 is 11.6 Å². The highest BCUT2D eigenvalue weighted by Gasteiger charge is 2.22. The molecule has 1 aliphatic rings. The second-order valence-corrected chi connectivity index (χ2v) is 5.47. The fraction of sp³-hybridized carbons (Fsp3) is 0.714. The van der Waals surface area contributed by atoms with Gasteiger partial charge in [0.25, 0.3) is 0 Å². The first-order valence-electron chi connectivity index (χ1n) is 7.01. The Bertz CT molecular complexity index is 422. The molecular formula is C14H23N3O2. The van der Waals surface area contributed by atoms with Gasteiger partial charge in [-0.15, -0.1) is 0 Å². The van der Waals surface area contributed by atoms with Crippen molar-refractivity contribution in [3.8, 4) is 0 Å². The number of ether oxygens (including phenoxy) is 1. The van der Waals surface area contributed by atoms with Gasteiger partial charge in [0.15, 0.2) is 0 Å². The molecule has 19 heavy (non-hydrogen) atoms. The van der Waals surface area contributed by atoms with E-state index < -0.39 is 0 Å². The van der Waals surface area contributed by atoms with E-state index in [2.05, 4.69) is 22.4 Å². The van der Waals surface area contributed by atoms with Gasteiger partial charge in [-0.2, -0.15) is 5.10 Å². The molecule has 1 heterocycles. The first-order chi connectivity index (χ1) is 9.08. The summed E-state index contributed by atoms with van der Waals surface area (Å²) in [6.07, 6.45) is 4.98. The standard InChI is InChI=1S/C14H23N3O2/c1-9-6-4-5-7-12(9)19-8-13(18)15-14-10(2)16-17-11(14)3/h9,12H,4-8H2,1-3H3,(H,15,18)(H,16,17). The molecule has 2 rings (SSSR count). The monoisotopic (exact) mass is 265 g/mol. The van der Waals surface area contributed by atoms with E-state index in [4.69, 9.17) is 4.74 Å². The number of nitrogens with one attached hydrogen (secondary N) is 2. The summed E-state index contributed by atoms with van der Waals surface area (Å²) >= 11 is 0. The molecule has 1 aromatic heterocycles. The van der Waals surface area contributed by atoms with Gasteiger partial charge < -0.3 is 10.1 Å². The van der Waals surface area contributed by atoms with Crippen LogP contribution in [0.15, 0.2) is 0 Å². The zero-order chi connectivity index (χ0) is 13.8. The minimum absolute atomic E-state index is 0.106. The number of carbonyl (C=O) groups is 1. The summed E-state index contributed by atoms with van der Waals surface area (Å²) in [6, 6.07) is 0. The maximum Gasteiger partial charge on any atom is 0.250 e. The quantitative estimate of drug-likeness (QED) is 0.879. The summed E-state index contributed by atoms with van der Waals surface area (Å²) in [7, 11) is 0. The number of hydrogen-bond donors (Lipinski definition) is 2. The van der Waals surface area contributed by atoms with Crippen molar-refractivity contribution in [2.24, 2.45) is 5.92 Å². The Morgan fingerprint density at radius 2 is 2.16 bits per heavy atom. The van der Waals surface area contributed by atoms with Crippen LogP contribution in [0, 0.1) is 19.8 Å². The second kappa shape index (κ2) is 6.19. The zero-order valence-electron chi connectivity index (χ0n) is 12.0. The molecule has 1 amide bonds. The predicted molar refractivity (Wildman–Crippen MR) is 74.1 cm³/mol.